The van der Waals surface area contributed by atoms with E-state index in [0.29, 0.717) is 10.8 Å². The van der Waals surface area contributed by atoms with Crippen molar-refractivity contribution in [1.29, 1.82) is 0 Å². The molecule has 0 aromatic heterocycles. The molecule has 112 heavy (non-hydrogen) atoms. The number of carbonyl (C=O) groups excluding carboxylic acids is 2. The van der Waals surface area contributed by atoms with Gasteiger partial charge in [-0.1, -0.05) is 114 Å². The van der Waals surface area contributed by atoms with Crippen LogP contribution in [0.3, 0.4) is 0 Å². The lowest BCUT2D eigenvalue weighted by Gasteiger charge is -2.30. The quantitative estimate of drug-likeness (QED) is 0.00860. The number of hydrogen-bond donors (Lipinski definition) is 25. The first kappa shape index (κ1) is 130. The van der Waals surface area contributed by atoms with Gasteiger partial charge in [-0.15, -0.1) is 101 Å². The zero-order valence-corrected chi connectivity index (χ0v) is 83.9. The van der Waals surface area contributed by atoms with Gasteiger partial charge in [0.15, 0.2) is 0 Å². The predicted molar refractivity (Wildman–Crippen MR) is 548 cm³/mol. The molecule has 1 atom stereocenters. The Kier molecular flexibility index (Phi) is 104. The molecular weight excluding hydrogens is 1880 g/mol. The predicted octanol–water partition coefficient (Wildman–Crippen LogP) is 25.2. The Morgan fingerprint density at radius 2 is 0.705 bits per heavy atom. The van der Waals surface area contributed by atoms with Gasteiger partial charge in [0.25, 0.3) is 0 Å². The van der Waals surface area contributed by atoms with Crippen LogP contribution in [-0.4, -0.2) is 147 Å². The second kappa shape index (κ2) is 89.8. The van der Waals surface area contributed by atoms with Crippen LogP contribution in [0.25, 0.3) is 0 Å². The highest BCUT2D eigenvalue weighted by molar-refractivity contribution is 7.85. The highest BCUT2D eigenvalue weighted by Gasteiger charge is 2.71. The van der Waals surface area contributed by atoms with E-state index < -0.39 is 42.9 Å². The van der Waals surface area contributed by atoms with Gasteiger partial charge in [0.05, 0.1) is 23.1 Å². The summed E-state index contributed by atoms with van der Waals surface area (Å²) in [6.07, 6.45) is 22.7. The zero-order chi connectivity index (χ0) is 86.7. The number of unbranched alkanes of at least 4 members (excludes halogenated alkanes) is 14. The molecule has 0 amide bonds. The number of esters is 2. The van der Waals surface area contributed by atoms with E-state index in [2.05, 4.69) is 314 Å². The Morgan fingerprint density at radius 3 is 0.920 bits per heavy atom. The number of hydrogen-bond acceptors (Lipinski definition) is 29. The number of aliphatic hydroxyl groups is 3. The van der Waals surface area contributed by atoms with Crippen LogP contribution in [-0.2, 0) is 30.6 Å². The Labute approximate surface area is 796 Å². The molecule has 0 saturated carbocycles. The van der Waals surface area contributed by atoms with E-state index >= 15 is 0 Å². The second-order valence-electron chi connectivity index (χ2n) is 22.9. The molecule has 654 valence electrons. The van der Waals surface area contributed by atoms with Crippen molar-refractivity contribution in [1.82, 2.24) is 0 Å². The normalized spacial score (nSPS) is 10.5. The highest BCUT2D eigenvalue weighted by Crippen LogP contribution is 2.45. The summed E-state index contributed by atoms with van der Waals surface area (Å²) < 4.78 is 81.5. The van der Waals surface area contributed by atoms with Crippen LogP contribution in [0, 0.1) is 27.7 Å². The summed E-state index contributed by atoms with van der Waals surface area (Å²) in [6.45, 7) is 3.90. The molecule has 5 aromatic rings. The number of aliphatic hydroxyl groups excluding tert-OH is 3. The molecule has 36 heteroatoms. The van der Waals surface area contributed by atoms with Crippen molar-refractivity contribution < 1.29 is 60.7 Å². The van der Waals surface area contributed by atoms with Crippen molar-refractivity contribution in [3.63, 3.8) is 0 Å². The molecule has 5 aromatic carbocycles. The SMILES string of the molecule is C.Cc1cc(C)c(CS)c(C)c1CS.Cc1ccc(S)c(S)c1.O=C(CS)OCCOC(=O)CS.OCC(F)(F)C(F)(F)C(F)(F)CO.OCC(S)CS.SCCCCCCCCCS.SCCCCCCCCS.SCCCCCCS.SCCS.Sc1ccc(Cl)c(S)c1.Sc1ccc(S)cc1.Sc1ccccc1S. The van der Waals surface area contributed by atoms with Gasteiger partial charge < -0.3 is 24.8 Å². The van der Waals surface area contributed by atoms with E-state index in [4.69, 9.17) is 26.9 Å². The number of halogens is 7. The maximum Gasteiger partial charge on any atom is 0.376 e. The second-order valence-corrected chi connectivity index (χ2v) is 33.2. The van der Waals surface area contributed by atoms with E-state index in [9.17, 15) is 35.9 Å². The van der Waals surface area contributed by atoms with Crippen LogP contribution in [0.15, 0.2) is 130 Å². The van der Waals surface area contributed by atoms with Crippen LogP contribution >= 0.6 is 289 Å². The van der Waals surface area contributed by atoms with Crippen molar-refractivity contribution in [3.8, 4) is 0 Å². The van der Waals surface area contributed by atoms with Crippen LogP contribution in [0.4, 0.5) is 26.3 Å². The molecule has 0 bridgehead atoms. The number of ether oxygens (including phenoxy) is 2. The van der Waals surface area contributed by atoms with Gasteiger partial charge in [-0.3, -0.25) is 9.59 Å². The van der Waals surface area contributed by atoms with Crippen LogP contribution in [0.5, 0.6) is 0 Å². The van der Waals surface area contributed by atoms with Gasteiger partial charge in [-0.25, -0.2) is 0 Å². The van der Waals surface area contributed by atoms with Gasteiger partial charge in [-0.05, 0) is 212 Å². The lowest BCUT2D eigenvalue weighted by Crippen LogP contribution is -2.57. The van der Waals surface area contributed by atoms with Crippen molar-refractivity contribution in [2.45, 2.75) is 218 Å². The first-order valence-corrected chi connectivity index (χ1v) is 47.7. The van der Waals surface area contributed by atoms with Crippen molar-refractivity contribution in [2.75, 3.05) is 96.3 Å². The van der Waals surface area contributed by atoms with Gasteiger partial charge in [0.2, 0.25) is 0 Å². The molecule has 1 unspecified atom stereocenters. The van der Waals surface area contributed by atoms with Crippen molar-refractivity contribution >= 4 is 301 Å². The summed E-state index contributed by atoms with van der Waals surface area (Å²) in [5.74, 6) is -6.81. The lowest BCUT2D eigenvalue weighted by molar-refractivity contribution is -0.323. The van der Waals surface area contributed by atoms with Gasteiger partial charge in [0.1, 0.15) is 26.4 Å². The van der Waals surface area contributed by atoms with E-state index in [1.807, 2.05) is 79.7 Å². The van der Waals surface area contributed by atoms with E-state index in [1.54, 1.807) is 12.1 Å². The third-order valence-electron chi connectivity index (χ3n) is 13.6. The molecule has 5 rings (SSSR count). The number of aryl methyl sites for hydroxylation is 3. The Hall–Kier alpha value is 2.49. The molecule has 0 fully saturated rings. The monoisotopic (exact) mass is 2000 g/mol. The Bertz CT molecular complexity index is 2790. The minimum atomic E-state index is -5.77. The summed E-state index contributed by atoms with van der Waals surface area (Å²) in [5, 5.41) is 24.4. The molecule has 0 heterocycles. The van der Waals surface area contributed by atoms with Gasteiger partial charge >= 0.3 is 29.7 Å². The Morgan fingerprint density at radius 1 is 0.402 bits per heavy atom. The number of carbonyl (C=O) groups is 2. The zero-order valence-electron chi connectivity index (χ0n) is 63.4. The highest BCUT2D eigenvalue weighted by atomic mass is 35.5. The lowest BCUT2D eigenvalue weighted by atomic mass is 9.95. The third-order valence-corrected chi connectivity index (χ3v) is 22.1. The number of alkyl halides is 6. The third kappa shape index (κ3) is 78.5. The van der Waals surface area contributed by atoms with Crippen LogP contribution in [0.1, 0.15) is 150 Å². The maximum atomic E-state index is 12.2. The fourth-order valence-corrected chi connectivity index (χ4v) is 11.6. The minimum absolute atomic E-state index is 0. The summed E-state index contributed by atoms with van der Waals surface area (Å²) in [5.41, 5.74) is 7.99. The average molecular weight is 2010 g/mol. The van der Waals surface area contributed by atoms with Crippen LogP contribution in [0.2, 0.25) is 5.02 Å². The maximum absolute atomic E-state index is 12.2. The standard InChI is InChI=1S/C11H16S2.C9H20S2.C8H18S2.C7H8S2.C6H5ClS2.C6H10O4S2.2C6H6S2.C6H14S2.C5H6F6O2.C3H8OS2.C2H6S2.CH4/c1-7-4-8(2)11(6-13)9(3)10(7)5-12;10-8-6-4-2-1-3-5-7-9-11;9-7-5-3-1-2-4-6-8-10;1-5-2-3-6(8)7(9)4-5;7-5-2-1-4(8)3-6(5)9;7-5(3-11)9-1-2-10-6(8)4-12;7-5-1-2-6(8)4-3-5;7-5-3-1-2-4-6(5)8;7-5-3-1-2-4-6-8;6-3(7,1-12)5(10,11)4(8,9)2-13;4-1-3(6)2-5;3-1-2-4;/h4,12-13H,5-6H2,1-3H3;10-11H,1-9H2;9-10H,1-8H2;2-4,8-9H,1H3;1-3,8-9H;11-12H,1-4H2;2*1-4,7-8H;7-8H,1-6H2;12-13H,1-2H2;3-6H,1-2H2;3-4H,1-2H2;1H4. The molecule has 0 aliphatic carbocycles. The molecule has 0 aliphatic rings. The van der Waals surface area contributed by atoms with E-state index in [-0.39, 0.29) is 44.0 Å². The molecule has 0 saturated heterocycles. The van der Waals surface area contributed by atoms with Crippen molar-refractivity contribution in [2.24, 2.45) is 0 Å². The number of rotatable bonds is 34. The largest absolute Gasteiger partial charge is 0.461 e. The molecule has 3 N–H and O–H groups in total. The van der Waals surface area contributed by atoms with E-state index in [1.165, 1.54) is 143 Å². The van der Waals surface area contributed by atoms with Gasteiger partial charge in [-0.2, -0.15) is 203 Å². The first-order valence-electron chi connectivity index (χ1n) is 35.0. The first-order chi connectivity index (χ1) is 52.4. The summed E-state index contributed by atoms with van der Waals surface area (Å²) in [7, 11) is 0. The molecular formula is C76H127ClF6O7S22. The van der Waals surface area contributed by atoms with Crippen LogP contribution < -0.4 is 0 Å². The number of thiol groups is 22. The summed E-state index contributed by atoms with van der Waals surface area (Å²) in [6, 6.07) is 28.9. The van der Waals surface area contributed by atoms with Gasteiger partial charge in [0, 0.05) is 61.7 Å². The fraction of sp³-hybridized carbons (Fsp3) is 0.579. The molecule has 0 aliphatic heterocycles. The molecule has 0 radical (unpaired) electrons. The topological polar surface area (TPSA) is 113 Å². The van der Waals surface area contributed by atoms with E-state index in [0.717, 1.165) is 96.7 Å². The van der Waals surface area contributed by atoms with Crippen molar-refractivity contribution in [3.05, 3.63) is 129 Å². The molecule has 0 spiro atoms. The molecule has 7 nitrogen and oxygen atoms in total. The fourth-order valence-electron chi connectivity index (χ4n) is 7.35. The summed E-state index contributed by atoms with van der Waals surface area (Å²) >= 11 is 95.0. The minimum Gasteiger partial charge on any atom is -0.461 e. The Balaban J connectivity index is -0.000000177. The average Bonchev–Trinajstić information content (AvgIpc) is 0.778. The summed E-state index contributed by atoms with van der Waals surface area (Å²) in [4.78, 5) is 28.3. The number of benzene rings is 5. The smallest absolute Gasteiger partial charge is 0.376 e.